The van der Waals surface area contributed by atoms with Gasteiger partial charge in [-0.25, -0.2) is 19.2 Å². The molecular weight excluding hydrogens is 508 g/mol. The fourth-order valence-electron chi connectivity index (χ4n) is 4.93. The van der Waals surface area contributed by atoms with Crippen LogP contribution < -0.4 is 22.3 Å². The topological polar surface area (TPSA) is 167 Å². The Hall–Kier alpha value is -5.07. The van der Waals surface area contributed by atoms with Crippen molar-refractivity contribution in [1.82, 2.24) is 39.2 Å². The van der Waals surface area contributed by atoms with Crippen LogP contribution in [0.1, 0.15) is 17.0 Å². The zero-order valence-corrected chi connectivity index (χ0v) is 21.8. The molecule has 0 fully saturated rings. The monoisotopic (exact) mass is 536 g/mol. The summed E-state index contributed by atoms with van der Waals surface area (Å²) in [5.41, 5.74) is 16.3. The summed E-state index contributed by atoms with van der Waals surface area (Å²) in [4.78, 5) is 22.4. The van der Waals surface area contributed by atoms with Crippen LogP contribution in [0.5, 0.6) is 5.75 Å². The van der Waals surface area contributed by atoms with Gasteiger partial charge >= 0.3 is 0 Å². The number of hydrogen-bond acceptors (Lipinski definition) is 9. The molecule has 2 aromatic carbocycles. The molecule has 0 aliphatic heterocycles. The molecule has 0 atom stereocenters. The van der Waals surface area contributed by atoms with Crippen LogP contribution >= 0.6 is 0 Å². The number of rotatable bonds is 8. The minimum absolute atomic E-state index is 0.0909. The number of nitrogen functional groups attached to an aromatic ring is 1. The molecule has 6 aromatic rings. The number of nitrogens with two attached hydrogens (primary N) is 2. The van der Waals surface area contributed by atoms with Crippen molar-refractivity contribution in [2.75, 3.05) is 18.8 Å². The number of hydrogen-bond donors (Lipinski definition) is 4. The summed E-state index contributed by atoms with van der Waals surface area (Å²) in [5.74, 6) is 0.797. The van der Waals surface area contributed by atoms with E-state index in [2.05, 4.69) is 15.3 Å². The average Bonchev–Trinajstić information content (AvgIpc) is 3.50. The van der Waals surface area contributed by atoms with Crippen molar-refractivity contribution >= 4 is 22.4 Å². The summed E-state index contributed by atoms with van der Waals surface area (Å²) in [5, 5.41) is 23.9. The lowest BCUT2D eigenvalue weighted by atomic mass is 10.1. The van der Waals surface area contributed by atoms with E-state index in [1.54, 1.807) is 32.1 Å². The zero-order chi connectivity index (χ0) is 27.8. The first-order valence-electron chi connectivity index (χ1n) is 12.8. The molecule has 4 aromatic heterocycles. The molecule has 40 heavy (non-hydrogen) atoms. The predicted molar refractivity (Wildman–Crippen MR) is 152 cm³/mol. The number of anilines is 1. The zero-order valence-electron chi connectivity index (χ0n) is 21.8. The lowest BCUT2D eigenvalue weighted by Crippen LogP contribution is -2.28. The standard InChI is InChI=1S/C28H28N10O2/c1-17-7-10-36-25(17)28(40)38(20-5-3-2-4-6-20)22(34-36)15-37-27-23(26(30)32-16-33-27)24(35-37)19-11-18(12-21(39)13-19)14-31-9-8-29/h2-7,10-13,16,31,39H,8-9,14-15,29H2,1H3,(H2,30,32,33). The van der Waals surface area contributed by atoms with Crippen molar-refractivity contribution in [3.8, 4) is 22.7 Å². The summed E-state index contributed by atoms with van der Waals surface area (Å²) in [6.45, 7) is 3.67. The van der Waals surface area contributed by atoms with E-state index < -0.39 is 0 Å². The summed E-state index contributed by atoms with van der Waals surface area (Å²) in [6.07, 6.45) is 3.14. The van der Waals surface area contributed by atoms with Gasteiger partial charge in [-0.3, -0.25) is 9.36 Å². The van der Waals surface area contributed by atoms with E-state index in [0.717, 1.165) is 11.1 Å². The molecule has 202 valence electrons. The van der Waals surface area contributed by atoms with E-state index in [4.69, 9.17) is 21.7 Å². The van der Waals surface area contributed by atoms with Gasteiger partial charge in [0.25, 0.3) is 5.56 Å². The lowest BCUT2D eigenvalue weighted by molar-refractivity contribution is 0.474. The van der Waals surface area contributed by atoms with E-state index in [9.17, 15) is 9.90 Å². The van der Waals surface area contributed by atoms with Crippen molar-refractivity contribution in [2.24, 2.45) is 5.73 Å². The van der Waals surface area contributed by atoms with Crippen LogP contribution in [0.3, 0.4) is 0 Å². The van der Waals surface area contributed by atoms with Gasteiger partial charge < -0.3 is 21.9 Å². The largest absolute Gasteiger partial charge is 0.508 e. The number of fused-ring (bicyclic) bond motifs is 2. The Balaban J connectivity index is 1.52. The quantitative estimate of drug-likeness (QED) is 0.213. The molecule has 0 radical (unpaired) electrons. The minimum Gasteiger partial charge on any atom is -0.508 e. The van der Waals surface area contributed by atoms with Crippen molar-refractivity contribution < 1.29 is 5.11 Å². The number of aryl methyl sites for hydroxylation is 1. The van der Waals surface area contributed by atoms with Crippen molar-refractivity contribution in [1.29, 1.82) is 0 Å². The average molecular weight is 537 g/mol. The summed E-state index contributed by atoms with van der Waals surface area (Å²) < 4.78 is 4.84. The molecule has 0 aliphatic rings. The molecule has 0 unspecified atom stereocenters. The number of nitrogens with zero attached hydrogens (tertiary/aromatic N) is 7. The number of aromatic nitrogens is 7. The first-order chi connectivity index (χ1) is 19.4. The maximum Gasteiger partial charge on any atom is 0.282 e. The van der Waals surface area contributed by atoms with Crippen molar-refractivity contribution in [3.05, 3.63) is 94.4 Å². The molecule has 0 bridgehead atoms. The van der Waals surface area contributed by atoms with Gasteiger partial charge in [-0.05, 0) is 54.4 Å². The Morgan fingerprint density at radius 2 is 1.88 bits per heavy atom. The normalized spacial score (nSPS) is 11.6. The fraction of sp³-hybridized carbons (Fsp3) is 0.179. The van der Waals surface area contributed by atoms with Crippen LogP contribution in [-0.4, -0.2) is 52.1 Å². The number of benzene rings is 2. The first-order valence-corrected chi connectivity index (χ1v) is 12.8. The molecule has 12 heteroatoms. The molecule has 0 saturated heterocycles. The molecule has 12 nitrogen and oxygen atoms in total. The van der Waals surface area contributed by atoms with E-state index in [-0.39, 0.29) is 23.7 Å². The fourth-order valence-corrected chi connectivity index (χ4v) is 4.93. The predicted octanol–water partition coefficient (Wildman–Crippen LogP) is 1.98. The number of phenols is 1. The highest BCUT2D eigenvalue weighted by Gasteiger charge is 2.21. The van der Waals surface area contributed by atoms with Gasteiger partial charge in [0.05, 0.1) is 11.1 Å². The minimum atomic E-state index is -0.188. The smallest absolute Gasteiger partial charge is 0.282 e. The van der Waals surface area contributed by atoms with Crippen LogP contribution in [0, 0.1) is 6.92 Å². The summed E-state index contributed by atoms with van der Waals surface area (Å²) in [6, 6.07) is 16.5. The van der Waals surface area contributed by atoms with E-state index in [0.29, 0.717) is 59.0 Å². The summed E-state index contributed by atoms with van der Waals surface area (Å²) >= 11 is 0. The van der Waals surface area contributed by atoms with E-state index >= 15 is 0 Å². The van der Waals surface area contributed by atoms with Crippen molar-refractivity contribution in [2.45, 2.75) is 20.0 Å². The molecule has 4 heterocycles. The van der Waals surface area contributed by atoms with Gasteiger partial charge in [0.1, 0.15) is 35.7 Å². The highest BCUT2D eigenvalue weighted by Crippen LogP contribution is 2.33. The van der Waals surface area contributed by atoms with Gasteiger partial charge in [0.15, 0.2) is 11.5 Å². The van der Waals surface area contributed by atoms with Crippen LogP contribution in [0.25, 0.3) is 33.5 Å². The van der Waals surface area contributed by atoms with Gasteiger partial charge in [-0.1, -0.05) is 18.2 Å². The Kier molecular flexibility index (Phi) is 6.46. The Bertz CT molecular complexity index is 1910. The Labute approximate surface area is 228 Å². The van der Waals surface area contributed by atoms with Crippen LogP contribution in [-0.2, 0) is 13.1 Å². The number of para-hydroxylation sites is 1. The maximum absolute atomic E-state index is 13.7. The van der Waals surface area contributed by atoms with Gasteiger partial charge in [0.2, 0.25) is 0 Å². The van der Waals surface area contributed by atoms with Crippen molar-refractivity contribution in [3.63, 3.8) is 0 Å². The molecule has 6 rings (SSSR count). The Morgan fingerprint density at radius 3 is 2.67 bits per heavy atom. The molecule has 0 spiro atoms. The molecule has 0 saturated carbocycles. The first kappa shape index (κ1) is 25.2. The van der Waals surface area contributed by atoms with Gasteiger partial charge in [-0.2, -0.15) is 10.2 Å². The number of phenolic OH excluding ortho intramolecular Hbond substituents is 1. The van der Waals surface area contributed by atoms with Gasteiger partial charge in [0, 0.05) is 31.4 Å². The highest BCUT2D eigenvalue weighted by molar-refractivity contribution is 5.98. The van der Waals surface area contributed by atoms with Crippen LogP contribution in [0.2, 0.25) is 0 Å². The van der Waals surface area contributed by atoms with Crippen LogP contribution in [0.15, 0.2) is 71.9 Å². The van der Waals surface area contributed by atoms with Crippen LogP contribution in [0.4, 0.5) is 5.82 Å². The molecule has 6 N–H and O–H groups in total. The highest BCUT2D eigenvalue weighted by atomic mass is 16.3. The molecular formula is C28H28N10O2. The molecule has 0 amide bonds. The number of aromatic hydroxyl groups is 1. The summed E-state index contributed by atoms with van der Waals surface area (Å²) in [7, 11) is 0. The second kappa shape index (κ2) is 10.2. The lowest BCUT2D eigenvalue weighted by Gasteiger charge is -2.13. The third-order valence-electron chi connectivity index (χ3n) is 6.72. The number of nitrogens with one attached hydrogen (secondary N) is 1. The Morgan fingerprint density at radius 1 is 1.05 bits per heavy atom. The second-order valence-corrected chi connectivity index (χ2v) is 9.50. The van der Waals surface area contributed by atoms with Gasteiger partial charge in [-0.15, -0.1) is 0 Å². The second-order valence-electron chi connectivity index (χ2n) is 9.50. The van der Waals surface area contributed by atoms with E-state index in [1.807, 2.05) is 49.4 Å². The SMILES string of the molecule is Cc1ccn2nc(Cn3nc(-c4cc(O)cc(CNCCN)c4)c4c(N)ncnc43)n(-c3ccccc3)c(=O)c12. The maximum atomic E-state index is 13.7. The molecule has 0 aliphatic carbocycles. The third-order valence-corrected chi connectivity index (χ3v) is 6.72. The third kappa shape index (κ3) is 4.44. The van der Waals surface area contributed by atoms with E-state index in [1.165, 1.54) is 6.33 Å².